The van der Waals surface area contributed by atoms with Crippen LogP contribution in [0, 0.1) is 19.8 Å². The van der Waals surface area contributed by atoms with Gasteiger partial charge in [0.1, 0.15) is 5.60 Å². The Labute approximate surface area is 160 Å². The third kappa shape index (κ3) is 3.88. The fourth-order valence-corrected chi connectivity index (χ4v) is 4.72. The zero-order valence-electron chi connectivity index (χ0n) is 16.4. The minimum absolute atomic E-state index is 0.161. The van der Waals surface area contributed by atoms with E-state index in [0.717, 1.165) is 43.7 Å². The van der Waals surface area contributed by atoms with E-state index in [4.69, 9.17) is 4.74 Å². The van der Waals surface area contributed by atoms with Crippen molar-refractivity contribution in [3.8, 4) is 0 Å². The summed E-state index contributed by atoms with van der Waals surface area (Å²) in [6.45, 7) is 8.40. The van der Waals surface area contributed by atoms with Gasteiger partial charge in [0, 0.05) is 38.2 Å². The van der Waals surface area contributed by atoms with Gasteiger partial charge in [-0.2, -0.15) is 5.10 Å². The second-order valence-electron chi connectivity index (χ2n) is 8.51. The summed E-state index contributed by atoms with van der Waals surface area (Å²) in [6.07, 6.45) is 4.22. The van der Waals surface area contributed by atoms with Crippen LogP contribution in [0.25, 0.3) is 0 Å². The quantitative estimate of drug-likeness (QED) is 0.784. The Balaban J connectivity index is 1.21. The van der Waals surface area contributed by atoms with Crippen molar-refractivity contribution >= 4 is 11.8 Å². The molecular weight excluding hydrogens is 344 g/mol. The Kier molecular flexibility index (Phi) is 4.97. The number of nitrogens with zero attached hydrogens (tertiary/aromatic N) is 4. The summed E-state index contributed by atoms with van der Waals surface area (Å²) < 4.78 is 7.93. The summed E-state index contributed by atoms with van der Waals surface area (Å²) in [4.78, 5) is 28.7. The molecule has 1 aromatic heterocycles. The average Bonchev–Trinajstić information content (AvgIpc) is 3.31. The van der Waals surface area contributed by atoms with Crippen molar-refractivity contribution < 1.29 is 14.3 Å². The highest BCUT2D eigenvalue weighted by atomic mass is 16.5. The number of hydrogen-bond acceptors (Lipinski definition) is 4. The summed E-state index contributed by atoms with van der Waals surface area (Å²) in [5.41, 5.74) is 1.87. The third-order valence-electron chi connectivity index (χ3n) is 6.16. The molecule has 7 heteroatoms. The fourth-order valence-electron chi connectivity index (χ4n) is 4.72. The van der Waals surface area contributed by atoms with E-state index < -0.39 is 0 Å². The van der Waals surface area contributed by atoms with Gasteiger partial charge in [0.15, 0.2) is 0 Å². The van der Waals surface area contributed by atoms with Gasteiger partial charge in [0.2, 0.25) is 11.8 Å². The largest absolute Gasteiger partial charge is 0.371 e. The molecule has 1 spiro atoms. The normalized spacial score (nSPS) is 23.9. The van der Waals surface area contributed by atoms with Gasteiger partial charge in [-0.15, -0.1) is 0 Å². The lowest BCUT2D eigenvalue weighted by atomic mass is 9.85. The Morgan fingerprint density at radius 3 is 2.59 bits per heavy atom. The first-order valence-electron chi connectivity index (χ1n) is 10.1. The first-order chi connectivity index (χ1) is 12.9. The number of ether oxygens (including phenoxy) is 1. The van der Waals surface area contributed by atoms with E-state index in [1.165, 1.54) is 0 Å². The lowest BCUT2D eigenvalue weighted by Crippen LogP contribution is -2.63. The second kappa shape index (κ2) is 7.26. The van der Waals surface area contributed by atoms with Crippen molar-refractivity contribution in [1.82, 2.24) is 19.6 Å². The van der Waals surface area contributed by atoms with Crippen LogP contribution in [0.4, 0.5) is 0 Å². The number of likely N-dealkylation sites (tertiary alicyclic amines) is 2. The average molecular weight is 374 g/mol. The van der Waals surface area contributed by atoms with Gasteiger partial charge in [-0.3, -0.25) is 14.3 Å². The van der Waals surface area contributed by atoms with E-state index in [0.29, 0.717) is 45.0 Å². The van der Waals surface area contributed by atoms with E-state index in [9.17, 15) is 9.59 Å². The number of rotatable bonds is 5. The maximum atomic E-state index is 12.5. The van der Waals surface area contributed by atoms with Crippen molar-refractivity contribution in [2.24, 2.45) is 5.92 Å². The molecule has 27 heavy (non-hydrogen) atoms. The second-order valence-corrected chi connectivity index (χ2v) is 8.51. The van der Waals surface area contributed by atoms with Crippen LogP contribution in [-0.4, -0.2) is 69.8 Å². The predicted octanol–water partition coefficient (Wildman–Crippen LogP) is 1.52. The van der Waals surface area contributed by atoms with Crippen LogP contribution >= 0.6 is 0 Å². The summed E-state index contributed by atoms with van der Waals surface area (Å²) in [7, 11) is 0. The summed E-state index contributed by atoms with van der Waals surface area (Å²) >= 11 is 0. The monoisotopic (exact) mass is 374 g/mol. The van der Waals surface area contributed by atoms with E-state index in [-0.39, 0.29) is 17.4 Å². The lowest BCUT2D eigenvalue weighted by Gasteiger charge is -2.47. The molecule has 3 aliphatic rings. The number of hydrogen-bond donors (Lipinski definition) is 0. The Morgan fingerprint density at radius 2 is 1.93 bits per heavy atom. The van der Waals surface area contributed by atoms with Gasteiger partial charge in [-0.1, -0.05) is 0 Å². The fraction of sp³-hybridized carbons (Fsp3) is 0.750. The Hall–Kier alpha value is -1.89. The molecule has 1 unspecified atom stereocenters. The minimum atomic E-state index is -0.205. The maximum Gasteiger partial charge on any atom is 0.224 e. The maximum absolute atomic E-state index is 12.5. The molecule has 3 aliphatic heterocycles. The smallest absolute Gasteiger partial charge is 0.224 e. The van der Waals surface area contributed by atoms with E-state index >= 15 is 0 Å². The first-order valence-corrected chi connectivity index (χ1v) is 10.1. The number of aromatic nitrogens is 2. The zero-order valence-corrected chi connectivity index (χ0v) is 16.4. The van der Waals surface area contributed by atoms with Crippen LogP contribution in [0.1, 0.15) is 43.5 Å². The highest BCUT2D eigenvalue weighted by Gasteiger charge is 2.51. The van der Waals surface area contributed by atoms with Gasteiger partial charge in [-0.05, 0) is 45.1 Å². The van der Waals surface area contributed by atoms with Gasteiger partial charge < -0.3 is 14.5 Å². The Bertz CT molecular complexity index is 717. The molecule has 7 nitrogen and oxygen atoms in total. The summed E-state index contributed by atoms with van der Waals surface area (Å²) in [6, 6.07) is 2.03. The molecule has 4 heterocycles. The van der Waals surface area contributed by atoms with Crippen LogP contribution in [-0.2, 0) is 20.9 Å². The predicted molar refractivity (Wildman–Crippen MR) is 100 cm³/mol. The lowest BCUT2D eigenvalue weighted by molar-refractivity contribution is -0.158. The van der Waals surface area contributed by atoms with Crippen LogP contribution in [0.3, 0.4) is 0 Å². The number of carbonyl (C=O) groups is 2. The standard InChI is InChI=1S/C20H30N4O3/c1-15-9-16(2)24(21-15)8-5-18(25)23-13-20(14-23)11-17(12-27-20)10-19(26)22-6-3-4-7-22/h9,17H,3-8,10-14H2,1-2H3. The van der Waals surface area contributed by atoms with Crippen molar-refractivity contribution in [1.29, 1.82) is 0 Å². The number of carbonyl (C=O) groups excluding carboxylic acids is 2. The molecule has 4 rings (SSSR count). The van der Waals surface area contributed by atoms with Crippen LogP contribution in [0.2, 0.25) is 0 Å². The van der Waals surface area contributed by atoms with E-state index in [2.05, 4.69) is 5.10 Å². The molecule has 0 N–H and O–H groups in total. The number of amides is 2. The molecule has 0 saturated carbocycles. The molecular formula is C20H30N4O3. The van der Waals surface area contributed by atoms with Crippen LogP contribution < -0.4 is 0 Å². The molecule has 0 radical (unpaired) electrons. The minimum Gasteiger partial charge on any atom is -0.371 e. The molecule has 0 aromatic carbocycles. The van der Waals surface area contributed by atoms with Gasteiger partial charge >= 0.3 is 0 Å². The number of aryl methyl sites for hydroxylation is 3. The Morgan fingerprint density at radius 1 is 1.19 bits per heavy atom. The van der Waals surface area contributed by atoms with Crippen molar-refractivity contribution in [2.45, 2.75) is 58.1 Å². The van der Waals surface area contributed by atoms with Gasteiger partial charge in [0.25, 0.3) is 0 Å². The van der Waals surface area contributed by atoms with Crippen molar-refractivity contribution in [3.63, 3.8) is 0 Å². The SMILES string of the molecule is Cc1cc(C)n(CCC(=O)N2CC3(CC(CC(=O)N4CCCC4)CO3)C2)n1. The van der Waals surface area contributed by atoms with E-state index in [1.54, 1.807) is 0 Å². The molecule has 1 atom stereocenters. The highest BCUT2D eigenvalue weighted by Crippen LogP contribution is 2.39. The zero-order chi connectivity index (χ0) is 19.0. The topological polar surface area (TPSA) is 67.7 Å². The molecule has 148 valence electrons. The van der Waals surface area contributed by atoms with Crippen LogP contribution in [0.15, 0.2) is 6.07 Å². The van der Waals surface area contributed by atoms with E-state index in [1.807, 2.05) is 34.4 Å². The van der Waals surface area contributed by atoms with Crippen LogP contribution in [0.5, 0.6) is 0 Å². The molecule has 0 bridgehead atoms. The van der Waals surface area contributed by atoms with Crippen molar-refractivity contribution in [2.75, 3.05) is 32.8 Å². The molecule has 3 saturated heterocycles. The third-order valence-corrected chi connectivity index (χ3v) is 6.16. The van der Waals surface area contributed by atoms with Gasteiger partial charge in [0.05, 0.1) is 25.4 Å². The van der Waals surface area contributed by atoms with Crippen molar-refractivity contribution in [3.05, 3.63) is 17.5 Å². The molecule has 0 aliphatic carbocycles. The van der Waals surface area contributed by atoms with Gasteiger partial charge in [-0.25, -0.2) is 0 Å². The highest BCUT2D eigenvalue weighted by molar-refractivity contribution is 5.78. The molecule has 1 aromatic rings. The summed E-state index contributed by atoms with van der Waals surface area (Å²) in [5.74, 6) is 0.730. The summed E-state index contributed by atoms with van der Waals surface area (Å²) in [5, 5.41) is 4.41. The first kappa shape index (κ1) is 18.5. The molecule has 3 fully saturated rings. The molecule has 2 amide bonds.